The summed E-state index contributed by atoms with van der Waals surface area (Å²) in [6.45, 7) is 9.78. The molecule has 142 valence electrons. The molecule has 1 aromatic heterocycles. The largest absolute Gasteiger partial charge is 0.490 e. The smallest absolute Gasteiger partial charge is 0.254 e. The van der Waals surface area contributed by atoms with Crippen LogP contribution in [-0.4, -0.2) is 37.7 Å². The normalized spacial score (nSPS) is 10.5. The van der Waals surface area contributed by atoms with Crippen molar-refractivity contribution in [3.8, 4) is 17.2 Å². The molecule has 0 aliphatic heterocycles. The van der Waals surface area contributed by atoms with Gasteiger partial charge in [-0.25, -0.2) is 0 Å². The van der Waals surface area contributed by atoms with Gasteiger partial charge in [0.25, 0.3) is 5.91 Å². The Morgan fingerprint density at radius 2 is 1.62 bits per heavy atom. The van der Waals surface area contributed by atoms with Crippen molar-refractivity contribution in [2.24, 2.45) is 0 Å². The van der Waals surface area contributed by atoms with E-state index in [9.17, 15) is 4.79 Å². The molecule has 0 spiro atoms. The average Bonchev–Trinajstić information content (AvgIpc) is 3.02. The molecule has 26 heavy (non-hydrogen) atoms. The van der Waals surface area contributed by atoms with Crippen molar-refractivity contribution in [2.45, 2.75) is 34.2 Å². The van der Waals surface area contributed by atoms with Crippen LogP contribution in [0.2, 0.25) is 0 Å². The topological polar surface area (TPSA) is 48.0 Å². The maximum atomic E-state index is 12.9. The van der Waals surface area contributed by atoms with Crippen molar-refractivity contribution in [2.75, 3.05) is 26.9 Å². The Hall–Kier alpha value is -2.21. The van der Waals surface area contributed by atoms with E-state index in [1.807, 2.05) is 26.2 Å². The monoisotopic (exact) mass is 377 g/mol. The number of carbonyl (C=O) groups is 1. The van der Waals surface area contributed by atoms with Gasteiger partial charge >= 0.3 is 0 Å². The van der Waals surface area contributed by atoms with Gasteiger partial charge in [0.2, 0.25) is 5.75 Å². The van der Waals surface area contributed by atoms with Crippen molar-refractivity contribution >= 4 is 17.2 Å². The Bertz CT molecular complexity index is 714. The molecule has 1 amide bonds. The van der Waals surface area contributed by atoms with Gasteiger partial charge in [0, 0.05) is 17.5 Å². The lowest BCUT2D eigenvalue weighted by Gasteiger charge is -2.20. The Kier molecular flexibility index (Phi) is 7.33. The van der Waals surface area contributed by atoms with Crippen LogP contribution >= 0.6 is 11.3 Å². The summed E-state index contributed by atoms with van der Waals surface area (Å²) >= 11 is 1.66. The predicted molar refractivity (Wildman–Crippen MR) is 105 cm³/mol. The van der Waals surface area contributed by atoms with Crippen LogP contribution in [0.5, 0.6) is 17.2 Å². The first-order chi connectivity index (χ1) is 12.5. The van der Waals surface area contributed by atoms with Gasteiger partial charge < -0.3 is 19.1 Å². The lowest BCUT2D eigenvalue weighted by Crippen LogP contribution is -2.26. The van der Waals surface area contributed by atoms with Crippen molar-refractivity contribution in [1.29, 1.82) is 0 Å². The van der Waals surface area contributed by atoms with Crippen LogP contribution in [-0.2, 0) is 6.54 Å². The van der Waals surface area contributed by atoms with Crippen molar-refractivity contribution in [3.63, 3.8) is 0 Å². The molecular formula is C20H27NO4S. The first-order valence-corrected chi connectivity index (χ1v) is 9.74. The number of thiophene rings is 1. The highest BCUT2D eigenvalue weighted by Crippen LogP contribution is 2.39. The molecule has 5 nitrogen and oxygen atoms in total. The SMILES string of the molecule is CCOc1cc(C(=O)N(C)Cc2sccc2C)cc(OCC)c1OCC. The fourth-order valence-electron chi connectivity index (χ4n) is 2.59. The third kappa shape index (κ3) is 4.69. The second-order valence-corrected chi connectivity index (χ2v) is 6.79. The third-order valence-electron chi connectivity index (χ3n) is 3.85. The van der Waals surface area contributed by atoms with Crippen molar-refractivity contribution < 1.29 is 19.0 Å². The Balaban J connectivity index is 2.34. The summed E-state index contributed by atoms with van der Waals surface area (Å²) in [4.78, 5) is 15.8. The number of carbonyl (C=O) groups excluding carboxylic acids is 1. The first-order valence-electron chi connectivity index (χ1n) is 8.86. The van der Waals surface area contributed by atoms with E-state index in [0.29, 0.717) is 49.2 Å². The maximum absolute atomic E-state index is 12.9. The third-order valence-corrected chi connectivity index (χ3v) is 4.86. The van der Waals surface area contributed by atoms with E-state index < -0.39 is 0 Å². The summed E-state index contributed by atoms with van der Waals surface area (Å²) in [5.41, 5.74) is 1.73. The molecule has 0 fully saturated rings. The molecule has 6 heteroatoms. The molecule has 0 bridgehead atoms. The van der Waals surface area contributed by atoms with E-state index in [2.05, 4.69) is 13.0 Å². The molecule has 2 aromatic rings. The highest BCUT2D eigenvalue weighted by molar-refractivity contribution is 7.10. The average molecular weight is 378 g/mol. The molecule has 1 heterocycles. The molecule has 0 saturated carbocycles. The number of nitrogens with zero attached hydrogens (tertiary/aromatic N) is 1. The molecular weight excluding hydrogens is 350 g/mol. The van der Waals surface area contributed by atoms with Crippen LogP contribution in [0.15, 0.2) is 23.6 Å². The van der Waals surface area contributed by atoms with Gasteiger partial charge in [0.05, 0.1) is 26.4 Å². The Labute approximate surface area is 159 Å². The molecule has 0 radical (unpaired) electrons. The Morgan fingerprint density at radius 3 is 2.08 bits per heavy atom. The van der Waals surface area contributed by atoms with E-state index >= 15 is 0 Å². The predicted octanol–water partition coefficient (Wildman–Crippen LogP) is 4.52. The summed E-state index contributed by atoms with van der Waals surface area (Å²) in [6.07, 6.45) is 0. The van der Waals surface area contributed by atoms with E-state index in [4.69, 9.17) is 14.2 Å². The molecule has 1 aromatic carbocycles. The van der Waals surface area contributed by atoms with Gasteiger partial charge in [-0.1, -0.05) is 0 Å². The second kappa shape index (κ2) is 9.48. The fourth-order valence-corrected chi connectivity index (χ4v) is 3.54. The highest BCUT2D eigenvalue weighted by atomic mass is 32.1. The molecule has 0 unspecified atom stereocenters. The fraction of sp³-hybridized carbons (Fsp3) is 0.450. The zero-order chi connectivity index (χ0) is 19.1. The molecule has 0 N–H and O–H groups in total. The lowest BCUT2D eigenvalue weighted by atomic mass is 10.1. The number of rotatable bonds is 9. The summed E-state index contributed by atoms with van der Waals surface area (Å²) in [6, 6.07) is 5.53. The van der Waals surface area contributed by atoms with Gasteiger partial charge in [-0.3, -0.25) is 4.79 Å². The molecule has 0 atom stereocenters. The van der Waals surface area contributed by atoms with Gasteiger partial charge in [0.15, 0.2) is 11.5 Å². The second-order valence-electron chi connectivity index (χ2n) is 5.79. The molecule has 2 rings (SSSR count). The van der Waals surface area contributed by atoms with Crippen molar-refractivity contribution in [1.82, 2.24) is 4.90 Å². The van der Waals surface area contributed by atoms with Crippen LogP contribution in [0.3, 0.4) is 0 Å². The minimum Gasteiger partial charge on any atom is -0.490 e. The minimum atomic E-state index is -0.0808. The van der Waals surface area contributed by atoms with Gasteiger partial charge in [0.1, 0.15) is 0 Å². The molecule has 0 aliphatic rings. The Morgan fingerprint density at radius 1 is 1.04 bits per heavy atom. The van der Waals surface area contributed by atoms with E-state index in [-0.39, 0.29) is 5.91 Å². The number of hydrogen-bond donors (Lipinski definition) is 0. The highest BCUT2D eigenvalue weighted by Gasteiger charge is 2.21. The summed E-state index contributed by atoms with van der Waals surface area (Å²) < 4.78 is 17.1. The maximum Gasteiger partial charge on any atom is 0.254 e. The quantitative estimate of drug-likeness (QED) is 0.644. The van der Waals surface area contributed by atoms with Gasteiger partial charge in [-0.05, 0) is 56.8 Å². The zero-order valence-electron chi connectivity index (χ0n) is 16.1. The number of ether oxygens (including phenoxy) is 3. The lowest BCUT2D eigenvalue weighted by molar-refractivity contribution is 0.0785. The number of amides is 1. The van der Waals surface area contributed by atoms with Crippen LogP contribution < -0.4 is 14.2 Å². The van der Waals surface area contributed by atoms with Gasteiger partial charge in [-0.15, -0.1) is 11.3 Å². The molecule has 0 aliphatic carbocycles. The standard InChI is InChI=1S/C20H27NO4S/c1-6-23-16-11-15(12-17(24-7-2)19(16)25-8-3)20(22)21(5)13-18-14(4)9-10-26-18/h9-12H,6-8,13H2,1-5H3. The number of aryl methyl sites for hydroxylation is 1. The summed E-state index contributed by atoms with van der Waals surface area (Å²) in [7, 11) is 1.80. The first kappa shape index (κ1) is 20.1. The van der Waals surface area contributed by atoms with Crippen LogP contribution in [0.25, 0.3) is 0 Å². The van der Waals surface area contributed by atoms with E-state index in [0.717, 1.165) is 0 Å². The summed E-state index contributed by atoms with van der Waals surface area (Å²) in [5, 5.41) is 2.04. The molecule has 0 saturated heterocycles. The van der Waals surface area contributed by atoms with E-state index in [1.165, 1.54) is 10.4 Å². The minimum absolute atomic E-state index is 0.0808. The van der Waals surface area contributed by atoms with Crippen molar-refractivity contribution in [3.05, 3.63) is 39.6 Å². The van der Waals surface area contributed by atoms with Gasteiger partial charge in [-0.2, -0.15) is 0 Å². The van der Waals surface area contributed by atoms with Crippen LogP contribution in [0.1, 0.15) is 41.6 Å². The van der Waals surface area contributed by atoms with Crippen LogP contribution in [0, 0.1) is 6.92 Å². The number of benzene rings is 1. The van der Waals surface area contributed by atoms with Crippen LogP contribution in [0.4, 0.5) is 0 Å². The zero-order valence-corrected chi connectivity index (χ0v) is 16.9. The summed E-state index contributed by atoms with van der Waals surface area (Å²) in [5.74, 6) is 1.53. The number of hydrogen-bond acceptors (Lipinski definition) is 5. The van der Waals surface area contributed by atoms with E-state index in [1.54, 1.807) is 35.4 Å².